The fraction of sp³-hybridized carbons (Fsp3) is 0.357. The monoisotopic (exact) mass is 247 g/mol. The van der Waals surface area contributed by atoms with E-state index in [0.717, 1.165) is 0 Å². The number of phenolic OH excluding ortho intramolecular Hbond substituents is 1. The van der Waals surface area contributed by atoms with Gasteiger partial charge in [0.15, 0.2) is 5.43 Å². The minimum Gasteiger partial charge on any atom is -0.507 e. The van der Waals surface area contributed by atoms with Gasteiger partial charge >= 0.3 is 0 Å². The molecule has 0 atom stereocenters. The standard InChI is InChI=1S/C14H17NO3/c1-4-9-8(2)18-14-10(13(9)17)5-6-12(16)11(14)7-15-3/h5-6,15-16H,4,7H2,1-3H3. The van der Waals surface area contributed by atoms with Crippen molar-refractivity contribution in [2.75, 3.05) is 7.05 Å². The summed E-state index contributed by atoms with van der Waals surface area (Å²) in [7, 11) is 1.78. The molecule has 0 spiro atoms. The van der Waals surface area contributed by atoms with Gasteiger partial charge in [-0.3, -0.25) is 4.79 Å². The summed E-state index contributed by atoms with van der Waals surface area (Å²) in [6, 6.07) is 3.16. The van der Waals surface area contributed by atoms with E-state index in [1.165, 1.54) is 0 Å². The lowest BCUT2D eigenvalue weighted by Crippen LogP contribution is -2.13. The van der Waals surface area contributed by atoms with E-state index in [4.69, 9.17) is 4.42 Å². The first kappa shape index (κ1) is 12.6. The number of rotatable bonds is 3. The van der Waals surface area contributed by atoms with Crippen LogP contribution < -0.4 is 10.7 Å². The molecule has 2 aromatic rings. The summed E-state index contributed by atoms with van der Waals surface area (Å²) in [6.07, 6.45) is 0.645. The van der Waals surface area contributed by atoms with Crippen LogP contribution in [0.4, 0.5) is 0 Å². The van der Waals surface area contributed by atoms with Crippen molar-refractivity contribution in [2.24, 2.45) is 0 Å². The smallest absolute Gasteiger partial charge is 0.196 e. The SMILES string of the molecule is CCc1c(C)oc2c(CNC)c(O)ccc2c1=O. The Bertz CT molecular complexity index is 644. The summed E-state index contributed by atoms with van der Waals surface area (Å²) in [5, 5.41) is 13.3. The van der Waals surface area contributed by atoms with Gasteiger partial charge in [-0.1, -0.05) is 6.92 Å². The normalized spacial score (nSPS) is 11.1. The van der Waals surface area contributed by atoms with Crippen LogP contribution in [0.5, 0.6) is 5.75 Å². The highest BCUT2D eigenvalue weighted by Gasteiger charge is 2.15. The van der Waals surface area contributed by atoms with Crippen molar-refractivity contribution in [3.63, 3.8) is 0 Å². The number of aryl methyl sites for hydroxylation is 1. The zero-order valence-electron chi connectivity index (χ0n) is 10.8. The van der Waals surface area contributed by atoms with Gasteiger partial charge in [0.05, 0.1) is 10.9 Å². The van der Waals surface area contributed by atoms with Crippen LogP contribution >= 0.6 is 0 Å². The maximum atomic E-state index is 12.3. The summed E-state index contributed by atoms with van der Waals surface area (Å²) in [6.45, 7) is 4.17. The second-order valence-electron chi connectivity index (χ2n) is 4.29. The molecular formula is C14H17NO3. The van der Waals surface area contributed by atoms with Crippen LogP contribution in [-0.2, 0) is 13.0 Å². The third-order valence-corrected chi connectivity index (χ3v) is 3.14. The average molecular weight is 247 g/mol. The number of hydrogen-bond donors (Lipinski definition) is 2. The Kier molecular flexibility index (Phi) is 3.39. The van der Waals surface area contributed by atoms with Gasteiger partial charge < -0.3 is 14.8 Å². The molecular weight excluding hydrogens is 230 g/mol. The average Bonchev–Trinajstić information content (AvgIpc) is 2.33. The molecule has 4 heteroatoms. The lowest BCUT2D eigenvalue weighted by molar-refractivity contribution is 0.462. The number of fused-ring (bicyclic) bond motifs is 1. The highest BCUT2D eigenvalue weighted by Crippen LogP contribution is 2.27. The highest BCUT2D eigenvalue weighted by molar-refractivity contribution is 5.82. The van der Waals surface area contributed by atoms with Crippen molar-refractivity contribution in [3.05, 3.63) is 39.2 Å². The quantitative estimate of drug-likeness (QED) is 0.871. The van der Waals surface area contributed by atoms with Crippen molar-refractivity contribution in [2.45, 2.75) is 26.8 Å². The van der Waals surface area contributed by atoms with Gasteiger partial charge in [0.25, 0.3) is 0 Å². The van der Waals surface area contributed by atoms with Crippen LogP contribution in [0.25, 0.3) is 11.0 Å². The molecule has 0 saturated carbocycles. The zero-order valence-corrected chi connectivity index (χ0v) is 10.8. The summed E-state index contributed by atoms with van der Waals surface area (Å²) < 4.78 is 5.73. The van der Waals surface area contributed by atoms with Crippen LogP contribution in [0.2, 0.25) is 0 Å². The molecule has 0 aliphatic heterocycles. The minimum atomic E-state index is -0.00592. The Morgan fingerprint density at radius 1 is 1.33 bits per heavy atom. The Labute approximate surface area is 105 Å². The van der Waals surface area contributed by atoms with E-state index < -0.39 is 0 Å². The van der Waals surface area contributed by atoms with E-state index in [1.807, 2.05) is 6.92 Å². The summed E-state index contributed by atoms with van der Waals surface area (Å²) in [5.41, 5.74) is 1.79. The first-order valence-corrected chi connectivity index (χ1v) is 6.01. The predicted molar refractivity (Wildman–Crippen MR) is 71.0 cm³/mol. The molecule has 0 amide bonds. The molecule has 0 aliphatic rings. The zero-order chi connectivity index (χ0) is 13.3. The minimum absolute atomic E-state index is 0.00592. The van der Waals surface area contributed by atoms with Gasteiger partial charge in [-0.15, -0.1) is 0 Å². The van der Waals surface area contributed by atoms with E-state index in [9.17, 15) is 9.90 Å². The van der Waals surface area contributed by atoms with Gasteiger partial charge in [0, 0.05) is 12.1 Å². The van der Waals surface area contributed by atoms with Crippen molar-refractivity contribution in [1.82, 2.24) is 5.32 Å². The lowest BCUT2D eigenvalue weighted by Gasteiger charge is -2.10. The summed E-state index contributed by atoms with van der Waals surface area (Å²) in [4.78, 5) is 12.3. The van der Waals surface area contributed by atoms with Crippen LogP contribution in [-0.4, -0.2) is 12.2 Å². The second-order valence-corrected chi connectivity index (χ2v) is 4.29. The van der Waals surface area contributed by atoms with E-state index in [1.54, 1.807) is 26.1 Å². The molecule has 2 N–H and O–H groups in total. The molecule has 96 valence electrons. The molecule has 1 aromatic heterocycles. The molecule has 1 heterocycles. The second kappa shape index (κ2) is 4.82. The fourth-order valence-electron chi connectivity index (χ4n) is 2.21. The number of hydrogen-bond acceptors (Lipinski definition) is 4. The lowest BCUT2D eigenvalue weighted by atomic mass is 10.0. The highest BCUT2D eigenvalue weighted by atomic mass is 16.3. The van der Waals surface area contributed by atoms with E-state index in [2.05, 4.69) is 5.32 Å². The number of aromatic hydroxyl groups is 1. The molecule has 2 rings (SSSR count). The molecule has 1 aromatic carbocycles. The maximum Gasteiger partial charge on any atom is 0.196 e. The Morgan fingerprint density at radius 3 is 2.67 bits per heavy atom. The first-order valence-electron chi connectivity index (χ1n) is 6.01. The van der Waals surface area contributed by atoms with Gasteiger partial charge in [0.1, 0.15) is 17.1 Å². The van der Waals surface area contributed by atoms with Crippen LogP contribution in [0.1, 0.15) is 23.8 Å². The third kappa shape index (κ3) is 1.88. The third-order valence-electron chi connectivity index (χ3n) is 3.14. The van der Waals surface area contributed by atoms with Crippen molar-refractivity contribution in [1.29, 1.82) is 0 Å². The molecule has 18 heavy (non-hydrogen) atoms. The predicted octanol–water partition coefficient (Wildman–Crippen LogP) is 2.09. The van der Waals surface area contributed by atoms with Gasteiger partial charge in [-0.05, 0) is 32.5 Å². The maximum absolute atomic E-state index is 12.3. The molecule has 0 fully saturated rings. The van der Waals surface area contributed by atoms with Gasteiger partial charge in [-0.25, -0.2) is 0 Å². The Balaban J connectivity index is 2.87. The van der Waals surface area contributed by atoms with Crippen LogP contribution in [0.15, 0.2) is 21.3 Å². The number of nitrogens with one attached hydrogen (secondary N) is 1. The fourth-order valence-corrected chi connectivity index (χ4v) is 2.21. The first-order chi connectivity index (χ1) is 8.60. The van der Waals surface area contributed by atoms with E-state index >= 15 is 0 Å². The summed E-state index contributed by atoms with van der Waals surface area (Å²) >= 11 is 0. The molecule has 0 unspecified atom stereocenters. The number of phenols is 1. The van der Waals surface area contributed by atoms with Gasteiger partial charge in [0.2, 0.25) is 0 Å². The number of benzene rings is 1. The van der Waals surface area contributed by atoms with Crippen molar-refractivity contribution < 1.29 is 9.52 Å². The Hall–Kier alpha value is -1.81. The molecule has 0 radical (unpaired) electrons. The van der Waals surface area contributed by atoms with Crippen molar-refractivity contribution >= 4 is 11.0 Å². The molecule has 0 bridgehead atoms. The molecule has 0 saturated heterocycles. The van der Waals surface area contributed by atoms with E-state index in [-0.39, 0.29) is 11.2 Å². The summed E-state index contributed by atoms with van der Waals surface area (Å²) in [5.74, 6) is 0.765. The Morgan fingerprint density at radius 2 is 2.06 bits per heavy atom. The topological polar surface area (TPSA) is 62.5 Å². The van der Waals surface area contributed by atoms with E-state index in [0.29, 0.717) is 40.8 Å². The molecule has 4 nitrogen and oxygen atoms in total. The molecule has 0 aliphatic carbocycles. The largest absolute Gasteiger partial charge is 0.507 e. The van der Waals surface area contributed by atoms with Crippen LogP contribution in [0.3, 0.4) is 0 Å². The van der Waals surface area contributed by atoms with Gasteiger partial charge in [-0.2, -0.15) is 0 Å². The van der Waals surface area contributed by atoms with Crippen molar-refractivity contribution in [3.8, 4) is 5.75 Å². The van der Waals surface area contributed by atoms with Crippen LogP contribution in [0, 0.1) is 6.92 Å².